The van der Waals surface area contributed by atoms with E-state index in [1.165, 1.54) is 12.1 Å². The number of aromatic hydroxyl groups is 1. The minimum atomic E-state index is -0.779. The van der Waals surface area contributed by atoms with Crippen LogP contribution in [0.15, 0.2) is 83.7 Å². The molecule has 2 aliphatic heterocycles. The molecular formula is C39H48N6O5. The van der Waals surface area contributed by atoms with Crippen molar-refractivity contribution in [2.45, 2.75) is 50.7 Å². The fourth-order valence-electron chi connectivity index (χ4n) is 7.19. The smallest absolute Gasteiger partial charge is 0.319 e. The number of aliphatic hydroxyl groups is 1. The molecule has 0 bridgehead atoms. The van der Waals surface area contributed by atoms with Crippen LogP contribution in [-0.4, -0.2) is 88.8 Å². The third-order valence-electron chi connectivity index (χ3n) is 10.1. The average molecular weight is 681 g/mol. The van der Waals surface area contributed by atoms with Gasteiger partial charge in [-0.2, -0.15) is 0 Å². The molecule has 6 N–H and O–H groups in total. The van der Waals surface area contributed by atoms with Gasteiger partial charge in [-0.3, -0.25) is 9.59 Å². The zero-order valence-corrected chi connectivity index (χ0v) is 28.4. The van der Waals surface area contributed by atoms with E-state index < -0.39 is 6.10 Å². The van der Waals surface area contributed by atoms with Gasteiger partial charge in [-0.15, -0.1) is 0 Å². The molecule has 2 fully saturated rings. The Balaban J connectivity index is 0.846. The molecule has 0 aliphatic carbocycles. The Kier molecular flexibility index (Phi) is 11.8. The van der Waals surface area contributed by atoms with Crippen molar-refractivity contribution in [1.82, 2.24) is 25.4 Å². The summed E-state index contributed by atoms with van der Waals surface area (Å²) < 4.78 is 0. The number of piperidine rings is 2. The van der Waals surface area contributed by atoms with Gasteiger partial charge in [0.1, 0.15) is 5.75 Å². The molecule has 2 saturated heterocycles. The number of carbonyl (C=O) groups excluding carboxylic acids is 2. The lowest BCUT2D eigenvalue weighted by molar-refractivity contribution is -0.133. The molecule has 2 aliphatic rings. The summed E-state index contributed by atoms with van der Waals surface area (Å²) in [4.78, 5) is 44.5. The largest absolute Gasteiger partial charge is 0.506 e. The predicted octanol–water partition coefficient (Wildman–Crippen LogP) is 4.83. The molecule has 3 amide bonds. The number of amides is 3. The lowest BCUT2D eigenvalue weighted by Crippen LogP contribution is -2.47. The third-order valence-corrected chi connectivity index (χ3v) is 10.1. The number of para-hydroxylation sites is 1. The van der Waals surface area contributed by atoms with E-state index in [2.05, 4.69) is 25.8 Å². The number of fused-ring (bicyclic) bond motifs is 1. The molecule has 11 heteroatoms. The lowest BCUT2D eigenvalue weighted by atomic mass is 9.93. The quantitative estimate of drug-likeness (QED) is 0.117. The maximum absolute atomic E-state index is 13.0. The van der Waals surface area contributed by atoms with Crippen LogP contribution < -0.4 is 21.5 Å². The van der Waals surface area contributed by atoms with Gasteiger partial charge in [0.2, 0.25) is 11.5 Å². The van der Waals surface area contributed by atoms with Crippen LogP contribution in [0.5, 0.6) is 5.75 Å². The molecular weight excluding hydrogens is 632 g/mol. The zero-order chi connectivity index (χ0) is 34.9. The van der Waals surface area contributed by atoms with E-state index in [1.807, 2.05) is 59.5 Å². The fourth-order valence-corrected chi connectivity index (χ4v) is 7.19. The normalized spacial score (nSPS) is 16.7. The first kappa shape index (κ1) is 35.1. The highest BCUT2D eigenvalue weighted by Crippen LogP contribution is 2.29. The second-order valence-corrected chi connectivity index (χ2v) is 13.5. The highest BCUT2D eigenvalue weighted by atomic mass is 16.3. The molecule has 0 radical (unpaired) electrons. The van der Waals surface area contributed by atoms with Gasteiger partial charge in [0.25, 0.3) is 0 Å². The van der Waals surface area contributed by atoms with Gasteiger partial charge in [0.05, 0.1) is 17.3 Å². The van der Waals surface area contributed by atoms with Gasteiger partial charge in [0.15, 0.2) is 0 Å². The Morgan fingerprint density at radius 3 is 2.40 bits per heavy atom. The second-order valence-electron chi connectivity index (χ2n) is 13.5. The molecule has 3 aromatic carbocycles. The van der Waals surface area contributed by atoms with Crippen LogP contribution in [0.3, 0.4) is 0 Å². The van der Waals surface area contributed by atoms with E-state index in [4.69, 9.17) is 0 Å². The molecule has 4 aromatic rings. The van der Waals surface area contributed by atoms with E-state index in [-0.39, 0.29) is 29.3 Å². The van der Waals surface area contributed by atoms with Crippen LogP contribution in [-0.2, 0) is 4.79 Å². The Morgan fingerprint density at radius 2 is 1.62 bits per heavy atom. The summed E-state index contributed by atoms with van der Waals surface area (Å²) in [6.45, 7) is 5.11. The third kappa shape index (κ3) is 9.09. The molecule has 6 rings (SSSR count). The summed E-state index contributed by atoms with van der Waals surface area (Å²) in [5.41, 5.74) is 3.50. The molecule has 264 valence electrons. The number of anilines is 1. The van der Waals surface area contributed by atoms with Gasteiger partial charge < -0.3 is 40.9 Å². The van der Waals surface area contributed by atoms with Crippen LogP contribution in [0, 0.1) is 5.92 Å². The standard InChI is InChI=1S/C39H48N6O5/c46-34-12-10-31(32-11-13-36(48)43-38(32)34)35(47)26-40-20-14-27-15-24-45(25-16-27)37(49)19-23-44-21-17-29(18-22-44)41-39(50)42-33-9-5-4-8-30(33)28-6-2-1-3-7-28/h1-13,27,29,35,40,46-47H,14-26H2,(H,43,48)(H2,41,42,50)/t35-/m1/s1. The maximum Gasteiger partial charge on any atom is 0.319 e. The summed E-state index contributed by atoms with van der Waals surface area (Å²) in [6, 6.07) is 23.9. The fraction of sp³-hybridized carbons (Fsp3) is 0.410. The van der Waals surface area contributed by atoms with Crippen molar-refractivity contribution in [1.29, 1.82) is 0 Å². The maximum atomic E-state index is 13.0. The Bertz CT molecular complexity index is 1800. The summed E-state index contributed by atoms with van der Waals surface area (Å²) in [5, 5.41) is 31.0. The highest BCUT2D eigenvalue weighted by Gasteiger charge is 2.25. The Labute approximate surface area is 292 Å². The van der Waals surface area contributed by atoms with E-state index in [0.29, 0.717) is 35.3 Å². The molecule has 3 heterocycles. The van der Waals surface area contributed by atoms with Crippen molar-refractivity contribution >= 4 is 28.5 Å². The monoisotopic (exact) mass is 680 g/mol. The van der Waals surface area contributed by atoms with Crippen LogP contribution in [0.2, 0.25) is 0 Å². The summed E-state index contributed by atoms with van der Waals surface area (Å²) in [6.07, 6.45) is 4.35. The number of aliphatic hydroxyl groups excluding tert-OH is 1. The topological polar surface area (TPSA) is 150 Å². The number of nitrogens with zero attached hydrogens (tertiary/aromatic N) is 2. The van der Waals surface area contributed by atoms with Gasteiger partial charge >= 0.3 is 6.03 Å². The highest BCUT2D eigenvalue weighted by molar-refractivity contribution is 5.94. The Morgan fingerprint density at radius 1 is 0.880 bits per heavy atom. The number of likely N-dealkylation sites (tertiary alicyclic amines) is 2. The van der Waals surface area contributed by atoms with Crippen molar-refractivity contribution in [2.75, 3.05) is 51.1 Å². The number of H-pyrrole nitrogens is 1. The van der Waals surface area contributed by atoms with Crippen LogP contribution in [0.4, 0.5) is 10.5 Å². The molecule has 1 atom stereocenters. The average Bonchev–Trinajstić information content (AvgIpc) is 3.14. The van der Waals surface area contributed by atoms with E-state index in [9.17, 15) is 24.6 Å². The lowest BCUT2D eigenvalue weighted by Gasteiger charge is -2.34. The summed E-state index contributed by atoms with van der Waals surface area (Å²) >= 11 is 0. The Hall–Kier alpha value is -4.71. The van der Waals surface area contributed by atoms with Crippen molar-refractivity contribution in [3.8, 4) is 16.9 Å². The van der Waals surface area contributed by atoms with Crippen LogP contribution in [0.1, 0.15) is 50.2 Å². The minimum Gasteiger partial charge on any atom is -0.506 e. The number of phenols is 1. The minimum absolute atomic E-state index is 0.0238. The number of rotatable bonds is 12. The number of hydrogen-bond donors (Lipinski definition) is 6. The number of urea groups is 1. The van der Waals surface area contributed by atoms with E-state index in [1.54, 1.807) is 12.1 Å². The number of aromatic amines is 1. The molecule has 0 unspecified atom stereocenters. The second kappa shape index (κ2) is 16.8. The number of nitrogens with one attached hydrogen (secondary N) is 4. The van der Waals surface area contributed by atoms with Gasteiger partial charge in [-0.25, -0.2) is 4.79 Å². The summed E-state index contributed by atoms with van der Waals surface area (Å²) in [7, 11) is 0. The number of benzene rings is 3. The zero-order valence-electron chi connectivity index (χ0n) is 28.4. The van der Waals surface area contributed by atoms with E-state index >= 15 is 0 Å². The number of hydrogen-bond acceptors (Lipinski definition) is 7. The first-order valence-electron chi connectivity index (χ1n) is 17.8. The van der Waals surface area contributed by atoms with Crippen LogP contribution >= 0.6 is 0 Å². The van der Waals surface area contributed by atoms with E-state index in [0.717, 1.165) is 88.2 Å². The number of phenolic OH excluding ortho intramolecular Hbond substituents is 1. The molecule has 0 spiro atoms. The molecule has 1 aromatic heterocycles. The van der Waals surface area contributed by atoms with Crippen LogP contribution in [0.25, 0.3) is 22.0 Å². The van der Waals surface area contributed by atoms with Crippen molar-refractivity contribution in [3.05, 3.63) is 94.8 Å². The molecule has 0 saturated carbocycles. The molecule has 50 heavy (non-hydrogen) atoms. The molecule has 11 nitrogen and oxygen atoms in total. The SMILES string of the molecule is O=C(Nc1ccccc1-c1ccccc1)NC1CCN(CCC(=O)N2CCC(CCNC[C@@H](O)c3ccc(O)c4[nH]c(=O)ccc34)CC2)CC1. The predicted molar refractivity (Wildman–Crippen MR) is 196 cm³/mol. The number of aromatic nitrogens is 1. The van der Waals surface area contributed by atoms with Crippen molar-refractivity contribution < 1.29 is 19.8 Å². The van der Waals surface area contributed by atoms with Crippen molar-refractivity contribution in [2.24, 2.45) is 5.92 Å². The van der Waals surface area contributed by atoms with Crippen molar-refractivity contribution in [3.63, 3.8) is 0 Å². The number of carbonyl (C=O) groups is 2. The first-order chi connectivity index (χ1) is 24.3. The number of pyridine rings is 1. The summed E-state index contributed by atoms with van der Waals surface area (Å²) in [5.74, 6) is 0.715. The van der Waals surface area contributed by atoms with Gasteiger partial charge in [-0.1, -0.05) is 54.6 Å². The van der Waals surface area contributed by atoms with Gasteiger partial charge in [0, 0.05) is 68.7 Å². The van der Waals surface area contributed by atoms with Gasteiger partial charge in [-0.05, 0) is 73.9 Å². The first-order valence-corrected chi connectivity index (χ1v) is 17.8.